The summed E-state index contributed by atoms with van der Waals surface area (Å²) in [6.45, 7) is 5.08. The van der Waals surface area contributed by atoms with Gasteiger partial charge >= 0.3 is 5.91 Å². The van der Waals surface area contributed by atoms with Gasteiger partial charge in [0.05, 0.1) is 23.9 Å². The van der Waals surface area contributed by atoms with E-state index in [1.165, 1.54) is 6.21 Å². The summed E-state index contributed by atoms with van der Waals surface area (Å²) in [5.41, 5.74) is 4.64. The molecule has 186 valence electrons. The second-order valence-electron chi connectivity index (χ2n) is 7.59. The topological polar surface area (TPSA) is 82.3 Å². The fraction of sp³-hybridized carbons (Fsp3) is 0.185. The van der Waals surface area contributed by atoms with Crippen LogP contribution in [0.15, 0.2) is 74.7 Å². The first-order valence-corrected chi connectivity index (χ1v) is 12.5. The van der Waals surface area contributed by atoms with Gasteiger partial charge in [0.1, 0.15) is 17.9 Å². The molecule has 0 saturated carbocycles. The third-order valence-electron chi connectivity index (χ3n) is 5.06. The number of rotatable bonds is 10. The van der Waals surface area contributed by atoms with Gasteiger partial charge in [0.25, 0.3) is 0 Å². The van der Waals surface area contributed by atoms with Crippen molar-refractivity contribution in [2.75, 3.05) is 13.2 Å². The molecular weight excluding hydrogens is 548 g/mol. The first-order valence-electron chi connectivity index (χ1n) is 11.3. The highest BCUT2D eigenvalue weighted by Gasteiger charge is 2.14. The summed E-state index contributed by atoms with van der Waals surface area (Å²) in [6, 6.07) is 18.1. The van der Waals surface area contributed by atoms with Crippen molar-refractivity contribution in [3.8, 4) is 17.2 Å². The maximum Gasteiger partial charge on any atom is 0.307 e. The summed E-state index contributed by atoms with van der Waals surface area (Å²) in [6.07, 6.45) is 1.51. The Morgan fingerprint density at radius 2 is 1.86 bits per heavy atom. The summed E-state index contributed by atoms with van der Waals surface area (Å²) in [5.74, 6) is 1.48. The zero-order valence-corrected chi connectivity index (χ0v) is 22.1. The Morgan fingerprint density at radius 3 is 2.64 bits per heavy atom. The number of carbonyl (C=O) groups excluding carboxylic acids is 1. The molecule has 7 nitrogen and oxygen atoms in total. The lowest BCUT2D eigenvalue weighted by molar-refractivity contribution is 0.0929. The Balaban J connectivity index is 1.46. The Bertz CT molecular complexity index is 1400. The van der Waals surface area contributed by atoms with Gasteiger partial charge < -0.3 is 18.6 Å². The summed E-state index contributed by atoms with van der Waals surface area (Å²) in [5, 5.41) is 5.47. The zero-order valence-electron chi connectivity index (χ0n) is 19.7. The second-order valence-corrected chi connectivity index (χ2v) is 8.85. The Labute approximate surface area is 222 Å². The third-order valence-corrected chi connectivity index (χ3v) is 6.02. The van der Waals surface area contributed by atoms with Crippen molar-refractivity contribution in [1.82, 2.24) is 5.43 Å². The van der Waals surface area contributed by atoms with Crippen molar-refractivity contribution in [3.05, 3.63) is 87.0 Å². The number of nitrogens with zero attached hydrogens (tertiary/aromatic N) is 1. The number of hydrazone groups is 1. The lowest BCUT2D eigenvalue weighted by atomic mass is 10.2. The second kappa shape index (κ2) is 12.0. The maximum atomic E-state index is 12.5. The molecule has 0 aliphatic heterocycles. The lowest BCUT2D eigenvalue weighted by Crippen LogP contribution is -2.16. The van der Waals surface area contributed by atoms with Gasteiger partial charge in [-0.15, -0.1) is 0 Å². The Kier molecular flexibility index (Phi) is 8.51. The number of halogens is 2. The normalized spacial score (nSPS) is 11.1. The first-order chi connectivity index (χ1) is 17.5. The van der Waals surface area contributed by atoms with E-state index in [2.05, 4.69) is 26.5 Å². The molecule has 0 aliphatic carbocycles. The third kappa shape index (κ3) is 6.19. The highest BCUT2D eigenvalue weighted by atomic mass is 79.9. The molecule has 9 heteroatoms. The van der Waals surface area contributed by atoms with E-state index < -0.39 is 5.91 Å². The van der Waals surface area contributed by atoms with E-state index >= 15 is 0 Å². The molecule has 4 rings (SSSR count). The molecule has 3 aromatic carbocycles. The van der Waals surface area contributed by atoms with E-state index in [0.717, 1.165) is 10.9 Å². The van der Waals surface area contributed by atoms with Gasteiger partial charge in [0.2, 0.25) is 0 Å². The van der Waals surface area contributed by atoms with Crippen LogP contribution in [0.2, 0.25) is 5.02 Å². The number of hydrogen-bond acceptors (Lipinski definition) is 6. The van der Waals surface area contributed by atoms with Crippen molar-refractivity contribution in [3.63, 3.8) is 0 Å². The van der Waals surface area contributed by atoms with Gasteiger partial charge in [-0.3, -0.25) is 4.79 Å². The molecular formula is C27H24BrClN2O5. The van der Waals surface area contributed by atoms with Gasteiger partial charge in [-0.1, -0.05) is 29.8 Å². The molecule has 0 fully saturated rings. The van der Waals surface area contributed by atoms with Gasteiger partial charge in [-0.2, -0.15) is 5.10 Å². The average Bonchev–Trinajstić information content (AvgIpc) is 3.29. The smallest absolute Gasteiger partial charge is 0.307 e. The van der Waals surface area contributed by atoms with E-state index in [4.69, 9.17) is 30.2 Å². The predicted octanol–water partition coefficient (Wildman–Crippen LogP) is 6.99. The molecule has 1 N–H and O–H groups in total. The molecule has 0 spiro atoms. The van der Waals surface area contributed by atoms with Crippen molar-refractivity contribution in [2.45, 2.75) is 20.5 Å². The molecule has 0 saturated heterocycles. The van der Waals surface area contributed by atoms with Crippen molar-refractivity contribution >= 4 is 50.6 Å². The van der Waals surface area contributed by atoms with E-state index in [1.807, 2.05) is 50.2 Å². The van der Waals surface area contributed by atoms with Crippen molar-refractivity contribution in [1.29, 1.82) is 0 Å². The number of carbonyl (C=O) groups is 1. The van der Waals surface area contributed by atoms with Crippen LogP contribution in [0.1, 0.15) is 35.5 Å². The van der Waals surface area contributed by atoms with E-state index in [0.29, 0.717) is 51.1 Å². The predicted molar refractivity (Wildman–Crippen MR) is 144 cm³/mol. The number of hydrogen-bond donors (Lipinski definition) is 1. The van der Waals surface area contributed by atoms with Gasteiger partial charge in [0, 0.05) is 16.0 Å². The van der Waals surface area contributed by atoms with Crippen LogP contribution in [0.3, 0.4) is 0 Å². The van der Waals surface area contributed by atoms with Crippen LogP contribution in [0.5, 0.6) is 17.2 Å². The van der Waals surface area contributed by atoms with Crippen LogP contribution in [-0.4, -0.2) is 25.3 Å². The minimum Gasteiger partial charge on any atom is -0.494 e. The zero-order chi connectivity index (χ0) is 25.5. The van der Waals surface area contributed by atoms with Crippen LogP contribution in [0, 0.1) is 0 Å². The number of fused-ring (bicyclic) bond motifs is 1. The summed E-state index contributed by atoms with van der Waals surface area (Å²) >= 11 is 9.78. The molecule has 1 amide bonds. The van der Waals surface area contributed by atoms with Crippen LogP contribution < -0.4 is 19.6 Å². The average molecular weight is 572 g/mol. The molecule has 1 aromatic heterocycles. The Hall–Kier alpha value is -3.49. The highest BCUT2D eigenvalue weighted by Crippen LogP contribution is 2.37. The van der Waals surface area contributed by atoms with Crippen LogP contribution in [0.25, 0.3) is 11.0 Å². The van der Waals surface area contributed by atoms with Gasteiger partial charge in [-0.25, -0.2) is 5.43 Å². The Morgan fingerprint density at radius 1 is 1.06 bits per heavy atom. The molecule has 0 unspecified atom stereocenters. The fourth-order valence-electron chi connectivity index (χ4n) is 3.44. The molecule has 4 aromatic rings. The van der Waals surface area contributed by atoms with Crippen LogP contribution >= 0.6 is 27.5 Å². The minimum absolute atomic E-state index is 0.148. The van der Waals surface area contributed by atoms with Crippen molar-refractivity contribution in [2.24, 2.45) is 5.10 Å². The molecule has 0 radical (unpaired) electrons. The molecule has 0 aliphatic rings. The van der Waals surface area contributed by atoms with Crippen molar-refractivity contribution < 1.29 is 23.4 Å². The standard InChI is InChI=1S/C27H24BrClN2O5/c1-3-33-20-9-10-23-19(13-20)14-25(36-23)27(32)31-30-15-17-11-21(28)26(24(12-17)34-4-2)35-16-18-7-5-6-8-22(18)29/h5-15H,3-4,16H2,1-2H3,(H,31,32)/b30-15+. The summed E-state index contributed by atoms with van der Waals surface area (Å²) < 4.78 is 23.6. The largest absolute Gasteiger partial charge is 0.494 e. The molecule has 0 bridgehead atoms. The maximum absolute atomic E-state index is 12.5. The number of nitrogens with one attached hydrogen (secondary N) is 1. The highest BCUT2D eigenvalue weighted by molar-refractivity contribution is 9.10. The minimum atomic E-state index is -0.468. The molecule has 0 atom stereocenters. The number of ether oxygens (including phenoxy) is 3. The van der Waals surface area contributed by atoms with Crippen LogP contribution in [0.4, 0.5) is 0 Å². The van der Waals surface area contributed by atoms with Gasteiger partial charge in [-0.05, 0) is 77.8 Å². The van der Waals surface area contributed by atoms with E-state index in [-0.39, 0.29) is 12.4 Å². The monoisotopic (exact) mass is 570 g/mol. The van der Waals surface area contributed by atoms with Gasteiger partial charge in [0.15, 0.2) is 17.3 Å². The number of amides is 1. The number of furan rings is 1. The van der Waals surface area contributed by atoms with Crippen LogP contribution in [-0.2, 0) is 6.61 Å². The quantitative estimate of drug-likeness (QED) is 0.164. The first kappa shape index (κ1) is 25.6. The van der Waals surface area contributed by atoms with E-state index in [1.54, 1.807) is 24.3 Å². The summed E-state index contributed by atoms with van der Waals surface area (Å²) in [4.78, 5) is 12.5. The van der Waals surface area contributed by atoms with E-state index in [9.17, 15) is 4.79 Å². The molecule has 1 heterocycles. The molecule has 36 heavy (non-hydrogen) atoms. The number of benzene rings is 3. The fourth-order valence-corrected chi connectivity index (χ4v) is 4.21. The SMILES string of the molecule is CCOc1ccc2oc(C(=O)N/N=C/c3cc(Br)c(OCc4ccccc4Cl)c(OCC)c3)cc2c1. The summed E-state index contributed by atoms with van der Waals surface area (Å²) in [7, 11) is 0. The lowest BCUT2D eigenvalue weighted by Gasteiger charge is -2.15.